The lowest BCUT2D eigenvalue weighted by atomic mass is 10.3. The van der Waals surface area contributed by atoms with E-state index in [4.69, 9.17) is 4.74 Å². The van der Waals surface area contributed by atoms with Gasteiger partial charge < -0.3 is 15.4 Å². The summed E-state index contributed by atoms with van der Waals surface area (Å²) in [6.45, 7) is 2.57. The number of pyridine rings is 1. The van der Waals surface area contributed by atoms with Gasteiger partial charge in [-0.2, -0.15) is 4.39 Å². The molecule has 2 N–H and O–H groups in total. The van der Waals surface area contributed by atoms with E-state index in [2.05, 4.69) is 15.6 Å². The Labute approximate surface area is 99.4 Å². The van der Waals surface area contributed by atoms with Gasteiger partial charge in [-0.15, -0.1) is 0 Å². The minimum Gasteiger partial charge on any atom is -0.383 e. The average molecular weight is 241 g/mol. The van der Waals surface area contributed by atoms with E-state index in [-0.39, 0.29) is 5.91 Å². The molecule has 1 amide bonds. The van der Waals surface area contributed by atoms with Crippen LogP contribution in [0.5, 0.6) is 0 Å². The van der Waals surface area contributed by atoms with Gasteiger partial charge in [-0.3, -0.25) is 4.79 Å². The molecule has 1 unspecified atom stereocenters. The Morgan fingerprint density at radius 3 is 3.00 bits per heavy atom. The van der Waals surface area contributed by atoms with Gasteiger partial charge in [-0.05, 0) is 19.1 Å². The maximum absolute atomic E-state index is 12.8. The zero-order chi connectivity index (χ0) is 12.7. The molecule has 6 heteroatoms. The molecule has 94 valence electrons. The standard InChI is InChI=1S/C11H16FN3O2/c1-8(11(16)13-6-7-17-2)14-10-5-3-4-9(12)15-10/h3-5,8H,6-7H2,1-2H3,(H,13,16)(H,14,15). The number of nitrogens with zero attached hydrogens (tertiary/aromatic N) is 1. The van der Waals surface area contributed by atoms with Crippen molar-refractivity contribution in [1.82, 2.24) is 10.3 Å². The van der Waals surface area contributed by atoms with E-state index >= 15 is 0 Å². The Morgan fingerprint density at radius 2 is 2.35 bits per heavy atom. The number of amides is 1. The topological polar surface area (TPSA) is 63.2 Å². The van der Waals surface area contributed by atoms with Crippen molar-refractivity contribution in [3.63, 3.8) is 0 Å². The first-order valence-electron chi connectivity index (χ1n) is 5.29. The first-order chi connectivity index (χ1) is 8.13. The molecule has 1 aromatic rings. The zero-order valence-electron chi connectivity index (χ0n) is 9.87. The molecule has 1 aromatic heterocycles. The van der Waals surface area contributed by atoms with Crippen molar-refractivity contribution in [2.45, 2.75) is 13.0 Å². The van der Waals surface area contributed by atoms with Gasteiger partial charge in [-0.25, -0.2) is 4.98 Å². The van der Waals surface area contributed by atoms with Gasteiger partial charge in [0.15, 0.2) is 0 Å². The minimum atomic E-state index is -0.581. The fourth-order valence-electron chi connectivity index (χ4n) is 1.21. The van der Waals surface area contributed by atoms with Crippen LogP contribution in [0, 0.1) is 5.95 Å². The molecule has 0 aromatic carbocycles. The van der Waals surface area contributed by atoms with Crippen LogP contribution in [0.25, 0.3) is 0 Å². The van der Waals surface area contributed by atoms with Crippen LogP contribution >= 0.6 is 0 Å². The van der Waals surface area contributed by atoms with Crippen molar-refractivity contribution in [3.05, 3.63) is 24.1 Å². The quantitative estimate of drug-likeness (QED) is 0.571. The molecule has 1 atom stereocenters. The number of hydrogen-bond acceptors (Lipinski definition) is 4. The summed E-state index contributed by atoms with van der Waals surface area (Å²) in [5, 5.41) is 5.48. The highest BCUT2D eigenvalue weighted by molar-refractivity contribution is 5.83. The van der Waals surface area contributed by atoms with Crippen molar-refractivity contribution >= 4 is 11.7 Å². The van der Waals surface area contributed by atoms with Gasteiger partial charge in [0.1, 0.15) is 11.9 Å². The molecule has 1 heterocycles. The highest BCUT2D eigenvalue weighted by atomic mass is 19.1. The van der Waals surface area contributed by atoms with Gasteiger partial charge in [-0.1, -0.05) is 6.07 Å². The first-order valence-corrected chi connectivity index (χ1v) is 5.29. The summed E-state index contributed by atoms with van der Waals surface area (Å²) in [4.78, 5) is 15.2. The van der Waals surface area contributed by atoms with E-state index < -0.39 is 12.0 Å². The summed E-state index contributed by atoms with van der Waals surface area (Å²) < 4.78 is 17.6. The number of anilines is 1. The van der Waals surface area contributed by atoms with Crippen molar-refractivity contribution in [2.24, 2.45) is 0 Å². The summed E-state index contributed by atoms with van der Waals surface area (Å²) >= 11 is 0. The number of carbonyl (C=O) groups is 1. The van der Waals surface area contributed by atoms with Gasteiger partial charge in [0.05, 0.1) is 6.61 Å². The van der Waals surface area contributed by atoms with E-state index in [0.29, 0.717) is 19.0 Å². The predicted molar refractivity (Wildman–Crippen MR) is 62.2 cm³/mol. The third-order valence-electron chi connectivity index (χ3n) is 2.08. The van der Waals surface area contributed by atoms with Crippen LogP contribution < -0.4 is 10.6 Å². The lowest BCUT2D eigenvalue weighted by Crippen LogP contribution is -2.39. The Morgan fingerprint density at radius 1 is 1.59 bits per heavy atom. The second-order valence-corrected chi connectivity index (χ2v) is 3.50. The van der Waals surface area contributed by atoms with Crippen LogP contribution in [0.1, 0.15) is 6.92 Å². The number of aromatic nitrogens is 1. The van der Waals surface area contributed by atoms with E-state index in [0.717, 1.165) is 0 Å². The van der Waals surface area contributed by atoms with Crippen LogP contribution in [-0.2, 0) is 9.53 Å². The zero-order valence-corrected chi connectivity index (χ0v) is 9.87. The molecular weight excluding hydrogens is 225 g/mol. The fraction of sp³-hybridized carbons (Fsp3) is 0.455. The molecule has 0 radical (unpaired) electrons. The Bertz CT molecular complexity index is 373. The van der Waals surface area contributed by atoms with Gasteiger partial charge >= 0.3 is 0 Å². The van der Waals surface area contributed by atoms with Crippen LogP contribution in [0.15, 0.2) is 18.2 Å². The fourth-order valence-corrected chi connectivity index (χ4v) is 1.21. The SMILES string of the molecule is COCCNC(=O)C(C)Nc1cccc(F)n1. The van der Waals surface area contributed by atoms with E-state index in [1.54, 1.807) is 20.1 Å². The second-order valence-electron chi connectivity index (χ2n) is 3.50. The van der Waals surface area contributed by atoms with Crippen molar-refractivity contribution in [3.8, 4) is 0 Å². The Hall–Kier alpha value is -1.69. The second kappa shape index (κ2) is 6.80. The molecule has 0 bridgehead atoms. The molecule has 0 aliphatic carbocycles. The summed E-state index contributed by atoms with van der Waals surface area (Å²) in [7, 11) is 1.56. The number of carbonyl (C=O) groups excluding carboxylic acids is 1. The molecule has 0 saturated carbocycles. The Kier molecular flexibility index (Phi) is 5.35. The minimum absolute atomic E-state index is 0.187. The summed E-state index contributed by atoms with van der Waals surface area (Å²) in [5.74, 6) is -0.436. The smallest absolute Gasteiger partial charge is 0.242 e. The van der Waals surface area contributed by atoms with Crippen molar-refractivity contribution in [2.75, 3.05) is 25.6 Å². The van der Waals surface area contributed by atoms with Crippen LogP contribution in [-0.4, -0.2) is 37.2 Å². The van der Waals surface area contributed by atoms with Gasteiger partial charge in [0, 0.05) is 13.7 Å². The van der Waals surface area contributed by atoms with E-state index in [9.17, 15) is 9.18 Å². The molecule has 1 rings (SSSR count). The van der Waals surface area contributed by atoms with Crippen LogP contribution in [0.4, 0.5) is 10.2 Å². The monoisotopic (exact) mass is 241 g/mol. The number of hydrogen-bond donors (Lipinski definition) is 2. The molecule has 0 fully saturated rings. The molecular formula is C11H16FN3O2. The third-order valence-corrected chi connectivity index (χ3v) is 2.08. The summed E-state index contributed by atoms with van der Waals surface area (Å²) in [6.07, 6.45) is 0. The number of halogens is 1. The Balaban J connectivity index is 2.43. The molecule has 5 nitrogen and oxygen atoms in total. The lowest BCUT2D eigenvalue weighted by Gasteiger charge is -2.14. The highest BCUT2D eigenvalue weighted by Gasteiger charge is 2.12. The van der Waals surface area contributed by atoms with Gasteiger partial charge in [0.25, 0.3) is 0 Å². The largest absolute Gasteiger partial charge is 0.383 e. The molecule has 0 saturated heterocycles. The van der Waals surface area contributed by atoms with Crippen LogP contribution in [0.2, 0.25) is 0 Å². The van der Waals surface area contributed by atoms with E-state index in [1.165, 1.54) is 12.1 Å². The van der Waals surface area contributed by atoms with Crippen molar-refractivity contribution in [1.29, 1.82) is 0 Å². The normalized spacial score (nSPS) is 11.9. The summed E-state index contributed by atoms with van der Waals surface area (Å²) in [5.41, 5.74) is 0. The highest BCUT2D eigenvalue weighted by Crippen LogP contribution is 2.05. The summed E-state index contributed by atoms with van der Waals surface area (Å²) in [6, 6.07) is 3.89. The molecule has 0 spiro atoms. The average Bonchev–Trinajstić information content (AvgIpc) is 2.29. The number of nitrogens with one attached hydrogen (secondary N) is 2. The third kappa shape index (κ3) is 4.78. The first kappa shape index (κ1) is 13.4. The number of methoxy groups -OCH3 is 1. The van der Waals surface area contributed by atoms with Crippen LogP contribution in [0.3, 0.4) is 0 Å². The van der Waals surface area contributed by atoms with E-state index in [1.807, 2.05) is 0 Å². The van der Waals surface area contributed by atoms with Gasteiger partial charge in [0.2, 0.25) is 11.9 Å². The lowest BCUT2D eigenvalue weighted by molar-refractivity contribution is -0.121. The molecule has 17 heavy (non-hydrogen) atoms. The van der Waals surface area contributed by atoms with Crippen molar-refractivity contribution < 1.29 is 13.9 Å². The number of rotatable bonds is 6. The number of ether oxygens (including phenoxy) is 1. The maximum Gasteiger partial charge on any atom is 0.242 e. The predicted octanol–water partition coefficient (Wildman–Crippen LogP) is 0.784. The maximum atomic E-state index is 12.8. The molecule has 0 aliphatic heterocycles. The molecule has 0 aliphatic rings.